The van der Waals surface area contributed by atoms with Crippen LogP contribution in [0.5, 0.6) is 5.75 Å². The van der Waals surface area contributed by atoms with E-state index >= 15 is 0 Å². The number of ether oxygens (including phenoxy) is 1. The van der Waals surface area contributed by atoms with Crippen molar-refractivity contribution >= 4 is 35.2 Å². The van der Waals surface area contributed by atoms with Crippen molar-refractivity contribution in [2.45, 2.75) is 13.2 Å². The van der Waals surface area contributed by atoms with Gasteiger partial charge in [0.05, 0.1) is 17.8 Å². The molecule has 1 N–H and O–H groups in total. The van der Waals surface area contributed by atoms with Gasteiger partial charge in [0.15, 0.2) is 0 Å². The van der Waals surface area contributed by atoms with Crippen molar-refractivity contribution < 1.29 is 13.9 Å². The molecule has 0 bridgehead atoms. The van der Waals surface area contributed by atoms with Gasteiger partial charge in [0.2, 0.25) is 0 Å². The summed E-state index contributed by atoms with van der Waals surface area (Å²) in [6.45, 7) is 0.536. The summed E-state index contributed by atoms with van der Waals surface area (Å²) in [7, 11) is 0. The summed E-state index contributed by atoms with van der Waals surface area (Å²) in [6.07, 6.45) is 2.98. The Labute approximate surface area is 178 Å². The van der Waals surface area contributed by atoms with Crippen molar-refractivity contribution in [3.05, 3.63) is 93.4 Å². The van der Waals surface area contributed by atoms with Gasteiger partial charge >= 0.3 is 0 Å². The maximum absolute atomic E-state index is 12.2. The molecule has 1 amide bonds. The predicted octanol–water partition coefficient (Wildman–Crippen LogP) is 5.39. The fourth-order valence-electron chi connectivity index (χ4n) is 2.46. The molecule has 1 heterocycles. The number of hydrogen-bond donors (Lipinski definition) is 1. The standard InChI is InChI=1S/C22H16Cl2N2O3/c23-18-6-3-15(4-7-18)14-29-21-8-5-16(11-20(21)24)10-17(12-25)22(27)26-13-19-2-1-9-28-19/h1-11H,13-14H2,(H,26,27)/b17-10+. The second-order valence-corrected chi connectivity index (χ2v) is 6.88. The summed E-state index contributed by atoms with van der Waals surface area (Å²) in [4.78, 5) is 12.2. The van der Waals surface area contributed by atoms with Crippen molar-refractivity contribution in [1.82, 2.24) is 5.32 Å². The van der Waals surface area contributed by atoms with E-state index in [1.807, 2.05) is 18.2 Å². The third kappa shape index (κ3) is 5.89. The molecule has 0 saturated carbocycles. The zero-order valence-corrected chi connectivity index (χ0v) is 16.7. The lowest BCUT2D eigenvalue weighted by molar-refractivity contribution is -0.117. The second-order valence-electron chi connectivity index (χ2n) is 6.04. The molecule has 5 nitrogen and oxygen atoms in total. The molecule has 3 rings (SSSR count). The van der Waals surface area contributed by atoms with Crippen LogP contribution in [0.2, 0.25) is 10.0 Å². The van der Waals surface area contributed by atoms with Gasteiger partial charge in [-0.15, -0.1) is 0 Å². The third-order valence-electron chi connectivity index (χ3n) is 3.94. The van der Waals surface area contributed by atoms with E-state index in [0.29, 0.717) is 33.7 Å². The molecule has 0 saturated heterocycles. The molecule has 0 atom stereocenters. The number of nitrogens with one attached hydrogen (secondary N) is 1. The molecule has 0 aliphatic rings. The maximum atomic E-state index is 12.2. The number of rotatable bonds is 7. The van der Waals surface area contributed by atoms with E-state index in [9.17, 15) is 10.1 Å². The van der Waals surface area contributed by atoms with Gasteiger partial charge in [0, 0.05) is 5.02 Å². The topological polar surface area (TPSA) is 75.3 Å². The number of amides is 1. The summed E-state index contributed by atoms with van der Waals surface area (Å²) in [5, 5.41) is 13.0. The minimum absolute atomic E-state index is 0.0394. The summed E-state index contributed by atoms with van der Waals surface area (Å²) in [5.41, 5.74) is 1.52. The zero-order chi connectivity index (χ0) is 20.6. The lowest BCUT2D eigenvalue weighted by Gasteiger charge is -2.09. The normalized spacial score (nSPS) is 11.0. The molecule has 0 unspecified atom stereocenters. The summed E-state index contributed by atoms with van der Waals surface area (Å²) in [5.74, 6) is 0.600. The van der Waals surface area contributed by atoms with Crippen LogP contribution in [0.1, 0.15) is 16.9 Å². The first kappa shape index (κ1) is 20.5. The molecule has 1 aromatic heterocycles. The van der Waals surface area contributed by atoms with E-state index in [4.69, 9.17) is 32.4 Å². The molecule has 29 heavy (non-hydrogen) atoms. The molecule has 0 aliphatic heterocycles. The number of carbonyl (C=O) groups is 1. The van der Waals surface area contributed by atoms with Gasteiger partial charge in [-0.05, 0) is 53.6 Å². The van der Waals surface area contributed by atoms with Crippen LogP contribution in [0, 0.1) is 11.3 Å². The average molecular weight is 427 g/mol. The van der Waals surface area contributed by atoms with Crippen LogP contribution in [-0.2, 0) is 17.9 Å². The van der Waals surface area contributed by atoms with Gasteiger partial charge in [-0.25, -0.2) is 0 Å². The van der Waals surface area contributed by atoms with Crippen molar-refractivity contribution in [2.24, 2.45) is 0 Å². The number of benzene rings is 2. The third-order valence-corrected chi connectivity index (χ3v) is 4.49. The Bertz CT molecular complexity index is 1050. The van der Waals surface area contributed by atoms with Gasteiger partial charge in [0.1, 0.15) is 29.8 Å². The highest BCUT2D eigenvalue weighted by molar-refractivity contribution is 6.32. The van der Waals surface area contributed by atoms with Crippen LogP contribution >= 0.6 is 23.2 Å². The van der Waals surface area contributed by atoms with Crippen molar-refractivity contribution in [1.29, 1.82) is 5.26 Å². The number of carbonyl (C=O) groups excluding carboxylic acids is 1. The highest BCUT2D eigenvalue weighted by atomic mass is 35.5. The Morgan fingerprint density at radius 3 is 2.62 bits per heavy atom. The SMILES string of the molecule is N#C/C(=C\c1ccc(OCc2ccc(Cl)cc2)c(Cl)c1)C(=O)NCc1ccco1. The van der Waals surface area contributed by atoms with Crippen molar-refractivity contribution in [3.63, 3.8) is 0 Å². The molecule has 0 radical (unpaired) electrons. The molecule has 0 spiro atoms. The second kappa shape index (κ2) is 9.83. The van der Waals surface area contributed by atoms with Crippen LogP contribution in [0.4, 0.5) is 0 Å². The maximum Gasteiger partial charge on any atom is 0.262 e. The van der Waals surface area contributed by atoms with E-state index in [-0.39, 0.29) is 12.1 Å². The summed E-state index contributed by atoms with van der Waals surface area (Å²) < 4.78 is 10.9. The van der Waals surface area contributed by atoms with E-state index in [1.54, 1.807) is 42.5 Å². The first-order valence-electron chi connectivity index (χ1n) is 8.64. The van der Waals surface area contributed by atoms with Crippen LogP contribution in [0.25, 0.3) is 6.08 Å². The molecular weight excluding hydrogens is 411 g/mol. The molecule has 0 aliphatic carbocycles. The first-order chi connectivity index (χ1) is 14.0. The van der Waals surface area contributed by atoms with Crippen molar-refractivity contribution in [3.8, 4) is 11.8 Å². The summed E-state index contributed by atoms with van der Waals surface area (Å²) >= 11 is 12.2. The zero-order valence-electron chi connectivity index (χ0n) is 15.2. The van der Waals surface area contributed by atoms with Gasteiger partial charge in [-0.1, -0.05) is 41.4 Å². The number of furan rings is 1. The molecular formula is C22H16Cl2N2O3. The minimum Gasteiger partial charge on any atom is -0.487 e. The fourth-order valence-corrected chi connectivity index (χ4v) is 2.83. The molecule has 3 aromatic rings. The number of halogens is 2. The lowest BCUT2D eigenvalue weighted by Crippen LogP contribution is -2.23. The molecule has 0 fully saturated rings. The molecule has 146 valence electrons. The highest BCUT2D eigenvalue weighted by Gasteiger charge is 2.10. The van der Waals surface area contributed by atoms with E-state index in [2.05, 4.69) is 5.32 Å². The quantitative estimate of drug-likeness (QED) is 0.405. The number of nitriles is 1. The summed E-state index contributed by atoms with van der Waals surface area (Å²) in [6, 6.07) is 17.7. The molecule has 2 aromatic carbocycles. The van der Waals surface area contributed by atoms with Gasteiger partial charge in [-0.2, -0.15) is 5.26 Å². The van der Waals surface area contributed by atoms with E-state index < -0.39 is 5.91 Å². The van der Waals surface area contributed by atoms with Gasteiger partial charge in [0.25, 0.3) is 5.91 Å². The van der Waals surface area contributed by atoms with Crippen LogP contribution in [0.3, 0.4) is 0 Å². The first-order valence-corrected chi connectivity index (χ1v) is 9.40. The number of hydrogen-bond acceptors (Lipinski definition) is 4. The minimum atomic E-state index is -0.497. The monoisotopic (exact) mass is 426 g/mol. The van der Waals surface area contributed by atoms with Crippen LogP contribution < -0.4 is 10.1 Å². The number of nitrogens with zero attached hydrogens (tertiary/aromatic N) is 1. The fraction of sp³-hybridized carbons (Fsp3) is 0.0909. The lowest BCUT2D eigenvalue weighted by atomic mass is 10.1. The Morgan fingerprint density at radius 1 is 1.17 bits per heavy atom. The highest BCUT2D eigenvalue weighted by Crippen LogP contribution is 2.27. The van der Waals surface area contributed by atoms with Gasteiger partial charge < -0.3 is 14.5 Å². The Kier molecular flexibility index (Phi) is 6.96. The van der Waals surface area contributed by atoms with Gasteiger partial charge in [-0.3, -0.25) is 4.79 Å². The van der Waals surface area contributed by atoms with E-state index in [1.165, 1.54) is 12.3 Å². The molecule has 7 heteroatoms. The van der Waals surface area contributed by atoms with Crippen molar-refractivity contribution in [2.75, 3.05) is 0 Å². The van der Waals surface area contributed by atoms with Crippen LogP contribution in [-0.4, -0.2) is 5.91 Å². The predicted molar refractivity (Wildman–Crippen MR) is 111 cm³/mol. The largest absolute Gasteiger partial charge is 0.487 e. The smallest absolute Gasteiger partial charge is 0.262 e. The van der Waals surface area contributed by atoms with Crippen LogP contribution in [0.15, 0.2) is 70.9 Å². The average Bonchev–Trinajstić information content (AvgIpc) is 3.24. The Morgan fingerprint density at radius 2 is 1.97 bits per heavy atom. The van der Waals surface area contributed by atoms with E-state index in [0.717, 1.165) is 5.56 Å². The Balaban J connectivity index is 1.64. The Hall–Kier alpha value is -3.20.